The van der Waals surface area contributed by atoms with Crippen LogP contribution < -0.4 is 19.5 Å². The van der Waals surface area contributed by atoms with Gasteiger partial charge in [-0.15, -0.1) is 0 Å². The molecule has 2 atom stereocenters. The summed E-state index contributed by atoms with van der Waals surface area (Å²) in [6.07, 6.45) is 2.66. The third-order valence-corrected chi connectivity index (χ3v) is 5.90. The molecule has 1 aliphatic heterocycles. The van der Waals surface area contributed by atoms with Crippen molar-refractivity contribution in [3.63, 3.8) is 0 Å². The number of nitrogens with zero attached hydrogens (tertiary/aromatic N) is 1. The average molecular weight is 441 g/mol. The van der Waals surface area contributed by atoms with Crippen molar-refractivity contribution in [1.82, 2.24) is 4.90 Å². The fraction of sp³-hybridized carbons (Fsp3) is 0.440. The zero-order valence-corrected chi connectivity index (χ0v) is 19.2. The molecule has 7 heteroatoms. The number of ether oxygens (including phenoxy) is 3. The molecule has 0 spiro atoms. The number of likely N-dealkylation sites (tertiary alicyclic amines) is 1. The second-order valence-corrected chi connectivity index (χ2v) is 7.83. The molecule has 1 N–H and O–H groups in total. The van der Waals surface area contributed by atoms with E-state index in [-0.39, 0.29) is 17.9 Å². The number of rotatable bonds is 9. The SMILES string of the molecule is CCCCN1C(=O)CCC(C(=O)Nc2ccc(OC)c(OC)c2)C1c1ccccc1OC. The number of hydrogen-bond acceptors (Lipinski definition) is 5. The van der Waals surface area contributed by atoms with E-state index in [9.17, 15) is 9.59 Å². The molecule has 1 saturated heterocycles. The van der Waals surface area contributed by atoms with Crippen LogP contribution in [0.4, 0.5) is 5.69 Å². The Morgan fingerprint density at radius 3 is 2.44 bits per heavy atom. The van der Waals surface area contributed by atoms with Gasteiger partial charge in [0.05, 0.1) is 33.3 Å². The van der Waals surface area contributed by atoms with Crippen LogP contribution in [0.3, 0.4) is 0 Å². The maximum Gasteiger partial charge on any atom is 0.229 e. The van der Waals surface area contributed by atoms with Crippen molar-refractivity contribution in [2.24, 2.45) is 5.92 Å². The second kappa shape index (κ2) is 10.9. The van der Waals surface area contributed by atoms with E-state index in [2.05, 4.69) is 12.2 Å². The van der Waals surface area contributed by atoms with Crippen molar-refractivity contribution in [3.05, 3.63) is 48.0 Å². The molecule has 32 heavy (non-hydrogen) atoms. The minimum absolute atomic E-state index is 0.0736. The first-order valence-electron chi connectivity index (χ1n) is 11.0. The summed E-state index contributed by atoms with van der Waals surface area (Å²) in [6, 6.07) is 12.5. The molecule has 2 aromatic carbocycles. The third-order valence-electron chi connectivity index (χ3n) is 5.90. The van der Waals surface area contributed by atoms with Crippen LogP contribution in [0.2, 0.25) is 0 Å². The van der Waals surface area contributed by atoms with Gasteiger partial charge in [0.15, 0.2) is 11.5 Å². The Kier molecular flexibility index (Phi) is 7.98. The van der Waals surface area contributed by atoms with E-state index in [1.165, 1.54) is 0 Å². The predicted octanol–water partition coefficient (Wildman–Crippen LogP) is 4.43. The van der Waals surface area contributed by atoms with Gasteiger partial charge in [0.2, 0.25) is 11.8 Å². The number of anilines is 1. The maximum atomic E-state index is 13.5. The van der Waals surface area contributed by atoms with Crippen LogP contribution in [0.25, 0.3) is 0 Å². The average Bonchev–Trinajstić information content (AvgIpc) is 2.82. The molecule has 0 radical (unpaired) electrons. The van der Waals surface area contributed by atoms with E-state index < -0.39 is 5.92 Å². The molecule has 1 heterocycles. The van der Waals surface area contributed by atoms with Gasteiger partial charge >= 0.3 is 0 Å². The van der Waals surface area contributed by atoms with Crippen LogP contribution in [0.5, 0.6) is 17.2 Å². The number of hydrogen-bond donors (Lipinski definition) is 1. The third kappa shape index (κ3) is 4.98. The van der Waals surface area contributed by atoms with Crippen molar-refractivity contribution in [1.29, 1.82) is 0 Å². The summed E-state index contributed by atoms with van der Waals surface area (Å²) >= 11 is 0. The zero-order chi connectivity index (χ0) is 23.1. The summed E-state index contributed by atoms with van der Waals surface area (Å²) in [4.78, 5) is 28.2. The minimum atomic E-state index is -0.408. The highest BCUT2D eigenvalue weighted by Gasteiger charge is 2.41. The molecule has 0 bridgehead atoms. The van der Waals surface area contributed by atoms with E-state index in [4.69, 9.17) is 14.2 Å². The quantitative estimate of drug-likeness (QED) is 0.624. The molecule has 7 nitrogen and oxygen atoms in total. The Hall–Kier alpha value is -3.22. The smallest absolute Gasteiger partial charge is 0.229 e. The molecule has 0 aromatic heterocycles. The number of benzene rings is 2. The number of piperidine rings is 1. The van der Waals surface area contributed by atoms with E-state index in [1.54, 1.807) is 39.5 Å². The number of carbonyl (C=O) groups excluding carboxylic acids is 2. The van der Waals surface area contributed by atoms with Crippen LogP contribution >= 0.6 is 0 Å². The van der Waals surface area contributed by atoms with Crippen molar-refractivity contribution in [3.8, 4) is 17.2 Å². The fourth-order valence-electron chi connectivity index (χ4n) is 4.26. The van der Waals surface area contributed by atoms with Crippen LogP contribution in [0.15, 0.2) is 42.5 Å². The van der Waals surface area contributed by atoms with E-state index >= 15 is 0 Å². The first-order valence-corrected chi connectivity index (χ1v) is 11.0. The minimum Gasteiger partial charge on any atom is -0.496 e. The normalized spacial score (nSPS) is 18.2. The van der Waals surface area contributed by atoms with Gasteiger partial charge in [-0.3, -0.25) is 9.59 Å². The first kappa shape index (κ1) is 23.4. The van der Waals surface area contributed by atoms with Gasteiger partial charge in [0.25, 0.3) is 0 Å². The Morgan fingerprint density at radius 1 is 1.03 bits per heavy atom. The second-order valence-electron chi connectivity index (χ2n) is 7.83. The summed E-state index contributed by atoms with van der Waals surface area (Å²) in [5.41, 5.74) is 1.47. The van der Waals surface area contributed by atoms with Crippen LogP contribution in [0.1, 0.15) is 44.2 Å². The molecule has 2 aromatic rings. The van der Waals surface area contributed by atoms with Gasteiger partial charge in [0, 0.05) is 30.3 Å². The molecular formula is C25H32N2O5. The van der Waals surface area contributed by atoms with Gasteiger partial charge < -0.3 is 24.4 Å². The van der Waals surface area contributed by atoms with E-state index in [1.807, 2.05) is 29.2 Å². The van der Waals surface area contributed by atoms with E-state index in [0.29, 0.717) is 42.3 Å². The number of para-hydroxylation sites is 1. The zero-order valence-electron chi connectivity index (χ0n) is 19.2. The molecule has 1 fully saturated rings. The van der Waals surface area contributed by atoms with Gasteiger partial charge in [-0.05, 0) is 31.0 Å². The largest absolute Gasteiger partial charge is 0.496 e. The lowest BCUT2D eigenvalue weighted by Gasteiger charge is -2.41. The topological polar surface area (TPSA) is 77.1 Å². The molecule has 1 aliphatic rings. The molecule has 3 rings (SSSR count). The van der Waals surface area contributed by atoms with Gasteiger partial charge in [0.1, 0.15) is 5.75 Å². The standard InChI is InChI=1S/C25H32N2O5/c1-5-6-15-27-23(28)14-12-19(24(27)18-9-7-8-10-20(18)30-2)25(29)26-17-11-13-21(31-3)22(16-17)32-4/h7-11,13,16,19,24H,5-6,12,14-15H2,1-4H3,(H,26,29). The van der Waals surface area contributed by atoms with Gasteiger partial charge in [-0.2, -0.15) is 0 Å². The Bertz CT molecular complexity index is 946. The number of methoxy groups -OCH3 is 3. The Labute approximate surface area is 189 Å². The van der Waals surface area contributed by atoms with Crippen molar-refractivity contribution in [2.75, 3.05) is 33.2 Å². The molecule has 0 saturated carbocycles. The number of nitrogens with one attached hydrogen (secondary N) is 1. The highest BCUT2D eigenvalue weighted by Crippen LogP contribution is 2.41. The van der Waals surface area contributed by atoms with Crippen molar-refractivity contribution in [2.45, 2.75) is 38.6 Å². The number of amides is 2. The lowest BCUT2D eigenvalue weighted by atomic mass is 9.83. The summed E-state index contributed by atoms with van der Waals surface area (Å²) in [6.45, 7) is 2.70. The van der Waals surface area contributed by atoms with Gasteiger partial charge in [-0.25, -0.2) is 0 Å². The highest BCUT2D eigenvalue weighted by molar-refractivity contribution is 5.95. The van der Waals surface area contributed by atoms with Crippen LogP contribution in [-0.4, -0.2) is 44.6 Å². The first-order chi connectivity index (χ1) is 15.5. The number of unbranched alkanes of at least 4 members (excludes halogenated alkanes) is 1. The summed E-state index contributed by atoms with van der Waals surface area (Å²) < 4.78 is 16.2. The van der Waals surface area contributed by atoms with Crippen LogP contribution in [0, 0.1) is 5.92 Å². The number of carbonyl (C=O) groups is 2. The summed E-state index contributed by atoms with van der Waals surface area (Å²) in [5.74, 6) is 1.33. The van der Waals surface area contributed by atoms with Crippen molar-refractivity contribution < 1.29 is 23.8 Å². The molecule has 2 unspecified atom stereocenters. The molecule has 0 aliphatic carbocycles. The molecular weight excluding hydrogens is 408 g/mol. The Balaban J connectivity index is 1.94. The summed E-state index contributed by atoms with van der Waals surface area (Å²) in [5, 5.41) is 3.01. The van der Waals surface area contributed by atoms with E-state index in [0.717, 1.165) is 18.4 Å². The fourth-order valence-corrected chi connectivity index (χ4v) is 4.26. The van der Waals surface area contributed by atoms with Crippen molar-refractivity contribution >= 4 is 17.5 Å². The lowest BCUT2D eigenvalue weighted by Crippen LogP contribution is -2.47. The summed E-state index contributed by atoms with van der Waals surface area (Å²) in [7, 11) is 4.73. The highest BCUT2D eigenvalue weighted by atomic mass is 16.5. The maximum absolute atomic E-state index is 13.5. The molecule has 172 valence electrons. The monoisotopic (exact) mass is 440 g/mol. The van der Waals surface area contributed by atoms with Gasteiger partial charge in [-0.1, -0.05) is 31.5 Å². The molecule has 2 amide bonds. The van der Waals surface area contributed by atoms with Crippen LogP contribution in [-0.2, 0) is 9.59 Å². The Morgan fingerprint density at radius 2 is 1.75 bits per heavy atom. The predicted molar refractivity (Wildman–Crippen MR) is 123 cm³/mol. The lowest BCUT2D eigenvalue weighted by molar-refractivity contribution is -0.142.